The summed E-state index contributed by atoms with van der Waals surface area (Å²) in [6, 6.07) is 13.2. The molecule has 8 heteroatoms. The molecule has 2 fully saturated rings. The van der Waals surface area contributed by atoms with Crippen molar-refractivity contribution in [2.45, 2.75) is 17.7 Å². The highest BCUT2D eigenvalue weighted by Crippen LogP contribution is 2.53. The van der Waals surface area contributed by atoms with Gasteiger partial charge >= 0.3 is 0 Å². The van der Waals surface area contributed by atoms with Crippen LogP contribution in [0.1, 0.15) is 12.0 Å². The van der Waals surface area contributed by atoms with Crippen LogP contribution in [-0.2, 0) is 14.4 Å². The van der Waals surface area contributed by atoms with Gasteiger partial charge in [-0.25, -0.2) is 9.88 Å². The van der Waals surface area contributed by atoms with Gasteiger partial charge in [-0.15, -0.1) is 11.3 Å². The molecular weight excluding hydrogens is 454 g/mol. The summed E-state index contributed by atoms with van der Waals surface area (Å²) in [5.74, 6) is -0.00747. The van der Waals surface area contributed by atoms with Crippen LogP contribution in [0.4, 0.5) is 11.4 Å². The SMILES string of the molecule is Cc1ccc(NC(=O)CSc2nc3ccc(N4C(=O)[C@H]5[C@H](C4=O)[C@H]4C=C[C@H]5C4)cc3s2)cc1. The summed E-state index contributed by atoms with van der Waals surface area (Å²) in [5.41, 5.74) is 3.32. The van der Waals surface area contributed by atoms with Crippen LogP contribution in [0.2, 0.25) is 0 Å². The first kappa shape index (κ1) is 20.6. The van der Waals surface area contributed by atoms with Crippen molar-refractivity contribution >= 4 is 62.4 Å². The number of thioether (sulfide) groups is 1. The Labute approximate surface area is 199 Å². The predicted molar refractivity (Wildman–Crippen MR) is 130 cm³/mol. The zero-order chi connectivity index (χ0) is 22.7. The van der Waals surface area contributed by atoms with Crippen molar-refractivity contribution in [3.8, 4) is 0 Å². The minimum atomic E-state index is -0.206. The van der Waals surface area contributed by atoms with Crippen molar-refractivity contribution in [3.63, 3.8) is 0 Å². The minimum Gasteiger partial charge on any atom is -0.325 e. The van der Waals surface area contributed by atoms with Crippen LogP contribution in [0.3, 0.4) is 0 Å². The Bertz CT molecular complexity index is 1300. The number of nitrogens with one attached hydrogen (secondary N) is 1. The smallest absolute Gasteiger partial charge is 0.238 e. The van der Waals surface area contributed by atoms with Crippen LogP contribution in [-0.4, -0.2) is 28.5 Å². The molecule has 6 rings (SSSR count). The van der Waals surface area contributed by atoms with Gasteiger partial charge in [0.05, 0.1) is 33.5 Å². The van der Waals surface area contributed by atoms with E-state index in [4.69, 9.17) is 0 Å². The van der Waals surface area contributed by atoms with Gasteiger partial charge in [-0.05, 0) is 55.5 Å². The first-order valence-corrected chi connectivity index (χ1v) is 12.7. The van der Waals surface area contributed by atoms with Gasteiger partial charge < -0.3 is 5.32 Å². The van der Waals surface area contributed by atoms with Gasteiger partial charge in [-0.1, -0.05) is 41.6 Å². The van der Waals surface area contributed by atoms with E-state index < -0.39 is 0 Å². The normalized spacial score (nSPS) is 25.3. The first-order valence-electron chi connectivity index (χ1n) is 10.9. The molecule has 2 heterocycles. The number of rotatable bonds is 5. The number of hydrogen-bond acceptors (Lipinski definition) is 6. The summed E-state index contributed by atoms with van der Waals surface area (Å²) in [6.45, 7) is 2.00. The van der Waals surface area contributed by atoms with Crippen molar-refractivity contribution in [1.82, 2.24) is 4.98 Å². The molecule has 0 radical (unpaired) electrons. The van der Waals surface area contributed by atoms with Gasteiger partial charge in [-0.3, -0.25) is 14.4 Å². The van der Waals surface area contributed by atoms with Gasteiger partial charge in [0.15, 0.2) is 4.34 Å². The molecule has 33 heavy (non-hydrogen) atoms. The molecular formula is C25H21N3O3S2. The Morgan fingerprint density at radius 1 is 1.09 bits per heavy atom. The zero-order valence-electron chi connectivity index (χ0n) is 17.9. The van der Waals surface area contributed by atoms with Gasteiger partial charge in [0.2, 0.25) is 17.7 Å². The highest BCUT2D eigenvalue weighted by atomic mass is 32.2. The molecule has 2 aliphatic carbocycles. The highest BCUT2D eigenvalue weighted by molar-refractivity contribution is 8.01. The average molecular weight is 476 g/mol. The van der Waals surface area contributed by atoms with Gasteiger partial charge in [0.25, 0.3) is 0 Å². The Kier molecular flexibility index (Phi) is 4.88. The van der Waals surface area contributed by atoms with Crippen LogP contribution in [0.15, 0.2) is 59.0 Å². The number of aryl methyl sites for hydroxylation is 1. The number of benzene rings is 2. The Morgan fingerprint density at radius 2 is 1.79 bits per heavy atom. The summed E-state index contributed by atoms with van der Waals surface area (Å²) >= 11 is 2.85. The molecule has 1 saturated carbocycles. The van der Waals surface area contributed by atoms with E-state index in [9.17, 15) is 14.4 Å². The maximum atomic E-state index is 13.1. The van der Waals surface area contributed by atoms with E-state index in [0.717, 1.165) is 32.2 Å². The molecule has 4 atom stereocenters. The molecule has 2 aromatic carbocycles. The number of allylic oxidation sites excluding steroid dienone is 2. The molecule has 2 bridgehead atoms. The highest BCUT2D eigenvalue weighted by Gasteiger charge is 2.59. The molecule has 1 aromatic heterocycles. The fourth-order valence-corrected chi connectivity index (χ4v) is 7.11. The second-order valence-corrected chi connectivity index (χ2v) is 11.1. The second-order valence-electron chi connectivity index (χ2n) is 8.85. The largest absolute Gasteiger partial charge is 0.325 e. The second kappa shape index (κ2) is 7.81. The number of carbonyl (C=O) groups is 3. The lowest BCUT2D eigenvalue weighted by Crippen LogP contribution is -2.32. The molecule has 6 nitrogen and oxygen atoms in total. The van der Waals surface area contributed by atoms with Crippen molar-refractivity contribution in [1.29, 1.82) is 0 Å². The van der Waals surface area contributed by atoms with E-state index in [-0.39, 0.29) is 47.1 Å². The number of amides is 3. The van der Waals surface area contributed by atoms with Crippen molar-refractivity contribution in [3.05, 3.63) is 60.2 Å². The third-order valence-electron chi connectivity index (χ3n) is 6.74. The number of anilines is 2. The molecule has 3 amide bonds. The van der Waals surface area contributed by atoms with E-state index in [0.29, 0.717) is 5.69 Å². The van der Waals surface area contributed by atoms with Crippen molar-refractivity contribution in [2.24, 2.45) is 23.7 Å². The van der Waals surface area contributed by atoms with Crippen LogP contribution < -0.4 is 10.2 Å². The number of nitrogens with zero attached hydrogens (tertiary/aromatic N) is 2. The topological polar surface area (TPSA) is 79.4 Å². The third kappa shape index (κ3) is 3.48. The van der Waals surface area contributed by atoms with Gasteiger partial charge in [-0.2, -0.15) is 0 Å². The molecule has 0 unspecified atom stereocenters. The molecule has 1 aliphatic heterocycles. The van der Waals surface area contributed by atoms with Crippen LogP contribution in [0.5, 0.6) is 0 Å². The number of thiazole rings is 1. The monoisotopic (exact) mass is 475 g/mol. The van der Waals surface area contributed by atoms with E-state index in [1.165, 1.54) is 28.0 Å². The van der Waals surface area contributed by atoms with Crippen LogP contribution in [0.25, 0.3) is 10.2 Å². The fraction of sp³-hybridized carbons (Fsp3) is 0.280. The van der Waals surface area contributed by atoms with Gasteiger partial charge in [0, 0.05) is 5.69 Å². The zero-order valence-corrected chi connectivity index (χ0v) is 19.5. The van der Waals surface area contributed by atoms with E-state index >= 15 is 0 Å². The Morgan fingerprint density at radius 3 is 2.48 bits per heavy atom. The van der Waals surface area contributed by atoms with E-state index in [2.05, 4.69) is 22.5 Å². The van der Waals surface area contributed by atoms with Crippen molar-refractivity contribution < 1.29 is 14.4 Å². The summed E-state index contributed by atoms with van der Waals surface area (Å²) in [6.07, 6.45) is 5.13. The van der Waals surface area contributed by atoms with E-state index in [1.807, 2.05) is 43.3 Å². The average Bonchev–Trinajstić information content (AvgIpc) is 3.56. The van der Waals surface area contributed by atoms with Crippen molar-refractivity contribution in [2.75, 3.05) is 16.0 Å². The number of hydrogen-bond donors (Lipinski definition) is 1. The molecule has 3 aliphatic rings. The predicted octanol–water partition coefficient (Wildman–Crippen LogP) is 4.65. The lowest BCUT2D eigenvalue weighted by molar-refractivity contribution is -0.123. The number of aromatic nitrogens is 1. The van der Waals surface area contributed by atoms with E-state index in [1.54, 1.807) is 6.07 Å². The lowest BCUT2D eigenvalue weighted by Gasteiger charge is -2.17. The molecule has 3 aromatic rings. The summed E-state index contributed by atoms with van der Waals surface area (Å²) in [5, 5.41) is 2.89. The number of fused-ring (bicyclic) bond motifs is 6. The number of carbonyl (C=O) groups excluding carboxylic acids is 3. The molecule has 1 saturated heterocycles. The summed E-state index contributed by atoms with van der Waals surface area (Å²) in [7, 11) is 0. The maximum Gasteiger partial charge on any atom is 0.238 e. The van der Waals surface area contributed by atoms with Crippen LogP contribution >= 0.6 is 23.1 Å². The molecule has 1 N–H and O–H groups in total. The third-order valence-corrected chi connectivity index (χ3v) is 8.90. The Hall–Kier alpha value is -2.97. The standard InChI is InChI=1S/C25H21N3O3S2/c1-13-2-6-16(7-3-13)26-20(29)12-32-25-27-18-9-8-17(11-19(18)33-25)28-23(30)21-14-4-5-15(10-14)22(21)24(28)31/h2-9,11,14-15,21-22H,10,12H2,1H3,(H,26,29)/t14-,15-,21+,22+/m0/s1. The maximum absolute atomic E-state index is 13.1. The number of imide groups is 1. The Balaban J connectivity index is 1.16. The first-order chi connectivity index (χ1) is 16.0. The summed E-state index contributed by atoms with van der Waals surface area (Å²) in [4.78, 5) is 44.4. The minimum absolute atomic E-state index is 0.0758. The fourth-order valence-electron chi connectivity index (χ4n) is 5.21. The lowest BCUT2D eigenvalue weighted by atomic mass is 9.85. The van der Waals surface area contributed by atoms with Crippen LogP contribution in [0, 0.1) is 30.6 Å². The van der Waals surface area contributed by atoms with Gasteiger partial charge in [0.1, 0.15) is 0 Å². The molecule has 166 valence electrons. The summed E-state index contributed by atoms with van der Waals surface area (Å²) < 4.78 is 1.67. The quantitative estimate of drug-likeness (QED) is 0.330. The molecule has 0 spiro atoms.